The number of benzene rings is 3. The molecule has 3 aromatic carbocycles. The summed E-state index contributed by atoms with van der Waals surface area (Å²) in [6.45, 7) is 0. The molecule has 0 heterocycles. The van der Waals surface area contributed by atoms with Crippen molar-refractivity contribution in [3.05, 3.63) is 60.2 Å². The minimum absolute atomic E-state index is 0.151. The third kappa shape index (κ3) is 3.57. The van der Waals surface area contributed by atoms with Crippen LogP contribution in [0.15, 0.2) is 54.6 Å². The van der Waals surface area contributed by atoms with E-state index in [0.29, 0.717) is 5.75 Å². The predicted molar refractivity (Wildman–Crippen MR) is 102 cm³/mol. The van der Waals surface area contributed by atoms with Crippen LogP contribution < -0.4 is 14.8 Å². The fourth-order valence-corrected chi connectivity index (χ4v) is 2.94. The zero-order chi connectivity index (χ0) is 18.5. The molecule has 134 valence electrons. The van der Waals surface area contributed by atoms with Gasteiger partial charge in [-0.3, -0.25) is 4.79 Å². The zero-order valence-electron chi connectivity index (χ0n) is 15.0. The summed E-state index contributed by atoms with van der Waals surface area (Å²) in [5, 5.41) is 5.50. The molecule has 0 unspecified atom stereocenters. The normalized spacial score (nSPS) is 10.4. The number of methoxy groups -OCH3 is 3. The Morgan fingerprint density at radius 3 is 2.27 bits per heavy atom. The number of rotatable bonds is 6. The molecular formula is C21H21NO4. The molecule has 5 nitrogen and oxygen atoms in total. The summed E-state index contributed by atoms with van der Waals surface area (Å²) in [5.41, 5.74) is 2.58. The van der Waals surface area contributed by atoms with E-state index >= 15 is 0 Å². The number of anilines is 2. The highest BCUT2D eigenvalue weighted by molar-refractivity contribution is 5.99. The number of nitrogens with one attached hydrogen (secondary N) is 1. The Bertz CT molecular complexity index is 936. The van der Waals surface area contributed by atoms with E-state index < -0.39 is 0 Å². The Morgan fingerprint density at radius 2 is 1.58 bits per heavy atom. The summed E-state index contributed by atoms with van der Waals surface area (Å²) in [7, 11) is 4.62. The fraction of sp³-hybridized carbons (Fsp3) is 0.190. The second kappa shape index (κ2) is 7.78. The van der Waals surface area contributed by atoms with Crippen LogP contribution in [0.25, 0.3) is 10.8 Å². The van der Waals surface area contributed by atoms with E-state index in [2.05, 4.69) is 5.32 Å². The minimum atomic E-state index is -0.310. The summed E-state index contributed by atoms with van der Waals surface area (Å²) in [4.78, 5) is 11.7. The number of carbonyl (C=O) groups is 1. The van der Waals surface area contributed by atoms with E-state index in [0.717, 1.165) is 33.5 Å². The first kappa shape index (κ1) is 17.6. The van der Waals surface area contributed by atoms with Crippen molar-refractivity contribution < 1.29 is 19.0 Å². The zero-order valence-corrected chi connectivity index (χ0v) is 15.0. The first-order valence-corrected chi connectivity index (χ1v) is 8.22. The van der Waals surface area contributed by atoms with Gasteiger partial charge in [-0.2, -0.15) is 0 Å². The van der Waals surface area contributed by atoms with E-state index in [-0.39, 0.29) is 12.4 Å². The smallest absolute Gasteiger partial charge is 0.310 e. The van der Waals surface area contributed by atoms with Gasteiger partial charge in [0.1, 0.15) is 11.5 Å². The molecule has 26 heavy (non-hydrogen) atoms. The number of ether oxygens (including phenoxy) is 3. The molecule has 0 aliphatic heterocycles. The van der Waals surface area contributed by atoms with Crippen molar-refractivity contribution in [2.24, 2.45) is 0 Å². The molecule has 0 saturated carbocycles. The van der Waals surface area contributed by atoms with Crippen molar-refractivity contribution in [3.63, 3.8) is 0 Å². The quantitative estimate of drug-likeness (QED) is 0.671. The van der Waals surface area contributed by atoms with Gasteiger partial charge >= 0.3 is 5.97 Å². The molecule has 0 bridgehead atoms. The molecule has 5 heteroatoms. The number of fused-ring (bicyclic) bond motifs is 1. The number of esters is 1. The van der Waals surface area contributed by atoms with Crippen LogP contribution >= 0.6 is 0 Å². The van der Waals surface area contributed by atoms with Crippen LogP contribution in [0.3, 0.4) is 0 Å². The molecular weight excluding hydrogens is 330 g/mol. The lowest BCUT2D eigenvalue weighted by molar-refractivity contribution is -0.139. The molecule has 0 spiro atoms. The van der Waals surface area contributed by atoms with Gasteiger partial charge in [-0.15, -0.1) is 0 Å². The third-order valence-electron chi connectivity index (χ3n) is 4.23. The van der Waals surface area contributed by atoms with Gasteiger partial charge in [0.05, 0.1) is 27.8 Å². The first-order chi connectivity index (χ1) is 12.7. The maximum Gasteiger partial charge on any atom is 0.310 e. The van der Waals surface area contributed by atoms with Gasteiger partial charge in [0, 0.05) is 27.7 Å². The highest BCUT2D eigenvalue weighted by Gasteiger charge is 2.11. The van der Waals surface area contributed by atoms with Crippen molar-refractivity contribution in [1.82, 2.24) is 0 Å². The molecule has 0 amide bonds. The van der Waals surface area contributed by atoms with Gasteiger partial charge in [0.15, 0.2) is 0 Å². The highest BCUT2D eigenvalue weighted by Crippen LogP contribution is 2.34. The second-order valence-electron chi connectivity index (χ2n) is 5.77. The lowest BCUT2D eigenvalue weighted by Gasteiger charge is -2.14. The summed E-state index contributed by atoms with van der Waals surface area (Å²) in [6, 6.07) is 17.6. The minimum Gasteiger partial charge on any atom is -0.496 e. The first-order valence-electron chi connectivity index (χ1n) is 8.22. The van der Waals surface area contributed by atoms with E-state index in [1.165, 1.54) is 7.11 Å². The molecule has 0 radical (unpaired) electrons. The molecule has 0 fully saturated rings. The van der Waals surface area contributed by atoms with Crippen LogP contribution in [0.4, 0.5) is 11.4 Å². The second-order valence-corrected chi connectivity index (χ2v) is 5.77. The average molecular weight is 351 g/mol. The Balaban J connectivity index is 1.98. The van der Waals surface area contributed by atoms with Gasteiger partial charge in [-0.1, -0.05) is 24.3 Å². The Hall–Kier alpha value is -3.21. The van der Waals surface area contributed by atoms with Crippen LogP contribution in [-0.2, 0) is 16.0 Å². The van der Waals surface area contributed by atoms with Gasteiger partial charge in [-0.05, 0) is 30.3 Å². The Labute approximate surface area is 152 Å². The fourth-order valence-electron chi connectivity index (χ4n) is 2.94. The van der Waals surface area contributed by atoms with Crippen molar-refractivity contribution in [2.45, 2.75) is 6.42 Å². The largest absolute Gasteiger partial charge is 0.496 e. The topological polar surface area (TPSA) is 56.8 Å². The maximum atomic E-state index is 11.7. The monoisotopic (exact) mass is 351 g/mol. The number of hydrogen-bond acceptors (Lipinski definition) is 5. The summed E-state index contributed by atoms with van der Waals surface area (Å²) in [5.74, 6) is 1.17. The molecule has 0 saturated heterocycles. The van der Waals surface area contributed by atoms with Gasteiger partial charge in [0.25, 0.3) is 0 Å². The van der Waals surface area contributed by atoms with Crippen LogP contribution in [0, 0.1) is 0 Å². The molecule has 3 rings (SSSR count). The molecule has 1 N–H and O–H groups in total. The van der Waals surface area contributed by atoms with E-state index in [9.17, 15) is 4.79 Å². The molecule has 3 aromatic rings. The van der Waals surface area contributed by atoms with Gasteiger partial charge in [0.2, 0.25) is 0 Å². The van der Waals surface area contributed by atoms with Crippen molar-refractivity contribution in [2.75, 3.05) is 26.6 Å². The van der Waals surface area contributed by atoms with Gasteiger partial charge in [-0.25, -0.2) is 0 Å². The SMILES string of the molecule is COC(=O)Cc1cc(Nc2ccc(OC)c3ccccc23)ccc1OC. The maximum absolute atomic E-state index is 11.7. The molecule has 0 aromatic heterocycles. The third-order valence-corrected chi connectivity index (χ3v) is 4.23. The summed E-state index contributed by atoms with van der Waals surface area (Å²) in [6.07, 6.45) is 0.151. The summed E-state index contributed by atoms with van der Waals surface area (Å²) < 4.78 is 15.6. The van der Waals surface area contributed by atoms with Crippen LogP contribution in [0.5, 0.6) is 11.5 Å². The van der Waals surface area contributed by atoms with Crippen molar-refractivity contribution in [1.29, 1.82) is 0 Å². The van der Waals surface area contributed by atoms with Crippen LogP contribution in [0.2, 0.25) is 0 Å². The standard InChI is InChI=1S/C21H21NO4/c1-24-19-10-8-15(12-14(19)13-21(23)26-3)22-18-9-11-20(25-2)17-7-5-4-6-16(17)18/h4-12,22H,13H2,1-3H3. The molecule has 0 aliphatic rings. The highest BCUT2D eigenvalue weighted by atomic mass is 16.5. The van der Waals surface area contributed by atoms with Crippen molar-refractivity contribution >= 4 is 28.1 Å². The number of hydrogen-bond donors (Lipinski definition) is 1. The van der Waals surface area contributed by atoms with E-state index in [4.69, 9.17) is 14.2 Å². The van der Waals surface area contributed by atoms with Crippen LogP contribution in [-0.4, -0.2) is 27.3 Å². The number of carbonyl (C=O) groups excluding carboxylic acids is 1. The van der Waals surface area contributed by atoms with E-state index in [1.807, 2.05) is 54.6 Å². The lowest BCUT2D eigenvalue weighted by Crippen LogP contribution is -2.06. The Morgan fingerprint density at radius 1 is 0.885 bits per heavy atom. The van der Waals surface area contributed by atoms with Crippen molar-refractivity contribution in [3.8, 4) is 11.5 Å². The Kier molecular flexibility index (Phi) is 5.27. The van der Waals surface area contributed by atoms with Crippen LogP contribution in [0.1, 0.15) is 5.56 Å². The van der Waals surface area contributed by atoms with E-state index in [1.54, 1.807) is 14.2 Å². The average Bonchev–Trinajstić information content (AvgIpc) is 2.68. The predicted octanol–water partition coefficient (Wildman–Crippen LogP) is 4.32. The molecule has 0 atom stereocenters. The van der Waals surface area contributed by atoms with Gasteiger partial charge < -0.3 is 19.5 Å². The molecule has 0 aliphatic carbocycles. The summed E-state index contributed by atoms with van der Waals surface area (Å²) >= 11 is 0. The lowest BCUT2D eigenvalue weighted by atomic mass is 10.1.